The molecule has 3 aromatic heterocycles. The molecule has 3 rings (SSSR count). The second kappa shape index (κ2) is 3.79. The van der Waals surface area contributed by atoms with Gasteiger partial charge in [-0.15, -0.1) is 10.2 Å². The molecule has 0 aromatic carbocycles. The maximum absolute atomic E-state index is 11.0. The van der Waals surface area contributed by atoms with Crippen molar-refractivity contribution in [3.63, 3.8) is 0 Å². The summed E-state index contributed by atoms with van der Waals surface area (Å²) in [5.41, 5.74) is 1.83. The molecule has 0 aliphatic heterocycles. The van der Waals surface area contributed by atoms with Gasteiger partial charge in [-0.2, -0.15) is 0 Å². The van der Waals surface area contributed by atoms with E-state index in [4.69, 9.17) is 0 Å². The third-order valence-corrected chi connectivity index (χ3v) is 2.47. The fraction of sp³-hybridized carbons (Fsp3) is 0. The monoisotopic (exact) mass is 224 g/mol. The zero-order valence-corrected chi connectivity index (χ0v) is 8.82. The van der Waals surface area contributed by atoms with Crippen LogP contribution in [0.15, 0.2) is 42.6 Å². The molecule has 0 atom stereocenters. The van der Waals surface area contributed by atoms with E-state index in [0.29, 0.717) is 22.9 Å². The van der Waals surface area contributed by atoms with Crippen molar-refractivity contribution in [1.82, 2.24) is 19.6 Å². The quantitative estimate of drug-likeness (QED) is 0.620. The first-order valence-electron chi connectivity index (χ1n) is 5.11. The van der Waals surface area contributed by atoms with Crippen molar-refractivity contribution in [2.24, 2.45) is 0 Å². The maximum atomic E-state index is 11.0. The van der Waals surface area contributed by atoms with Gasteiger partial charge in [0.25, 0.3) is 0 Å². The molecule has 0 saturated heterocycles. The standard InChI is InChI=1S/C12H8N4O/c17-8-9-4-3-6-11-14-15-12(16(9)11)10-5-1-2-7-13-10/h1-8H. The molecule has 17 heavy (non-hydrogen) atoms. The molecule has 0 unspecified atom stereocenters. The van der Waals surface area contributed by atoms with Crippen molar-refractivity contribution in [3.05, 3.63) is 48.3 Å². The molecule has 0 fully saturated rings. The van der Waals surface area contributed by atoms with E-state index in [0.717, 1.165) is 6.29 Å². The molecular weight excluding hydrogens is 216 g/mol. The Hall–Kier alpha value is -2.56. The molecule has 0 amide bonds. The molecule has 82 valence electrons. The second-order valence-electron chi connectivity index (χ2n) is 3.50. The van der Waals surface area contributed by atoms with Crippen molar-refractivity contribution < 1.29 is 4.79 Å². The Morgan fingerprint density at radius 1 is 1.06 bits per heavy atom. The fourth-order valence-corrected chi connectivity index (χ4v) is 1.72. The zero-order valence-electron chi connectivity index (χ0n) is 8.82. The van der Waals surface area contributed by atoms with Crippen LogP contribution in [0.1, 0.15) is 10.5 Å². The molecule has 0 N–H and O–H groups in total. The van der Waals surface area contributed by atoms with Crippen LogP contribution in [-0.4, -0.2) is 25.9 Å². The Labute approximate surface area is 96.8 Å². The van der Waals surface area contributed by atoms with E-state index in [-0.39, 0.29) is 0 Å². The summed E-state index contributed by atoms with van der Waals surface area (Å²) in [6.07, 6.45) is 2.46. The summed E-state index contributed by atoms with van der Waals surface area (Å²) in [6.45, 7) is 0. The summed E-state index contributed by atoms with van der Waals surface area (Å²) < 4.78 is 1.69. The molecule has 0 saturated carbocycles. The van der Waals surface area contributed by atoms with Gasteiger partial charge in [-0.25, -0.2) is 0 Å². The van der Waals surface area contributed by atoms with Gasteiger partial charge < -0.3 is 0 Å². The van der Waals surface area contributed by atoms with Gasteiger partial charge in [0.05, 0.1) is 5.69 Å². The summed E-state index contributed by atoms with van der Waals surface area (Å²) >= 11 is 0. The number of aromatic nitrogens is 4. The minimum Gasteiger partial charge on any atom is -0.296 e. The van der Waals surface area contributed by atoms with Gasteiger partial charge in [-0.1, -0.05) is 12.1 Å². The number of rotatable bonds is 2. The number of fused-ring (bicyclic) bond motifs is 1. The minimum atomic E-state index is 0.508. The van der Waals surface area contributed by atoms with Crippen LogP contribution in [0.5, 0.6) is 0 Å². The fourth-order valence-electron chi connectivity index (χ4n) is 1.72. The highest BCUT2D eigenvalue weighted by Crippen LogP contribution is 2.16. The smallest absolute Gasteiger partial charge is 0.187 e. The Balaban J connectivity index is 2.35. The summed E-state index contributed by atoms with van der Waals surface area (Å²) in [5, 5.41) is 8.08. The highest BCUT2D eigenvalue weighted by atomic mass is 16.1. The average Bonchev–Trinajstić information content (AvgIpc) is 2.83. The van der Waals surface area contributed by atoms with Gasteiger partial charge in [0, 0.05) is 6.20 Å². The van der Waals surface area contributed by atoms with Crippen LogP contribution < -0.4 is 0 Å². The third-order valence-electron chi connectivity index (χ3n) is 2.47. The van der Waals surface area contributed by atoms with Crippen LogP contribution in [0.2, 0.25) is 0 Å². The van der Waals surface area contributed by atoms with Gasteiger partial charge in [0.1, 0.15) is 5.69 Å². The normalized spacial score (nSPS) is 10.6. The van der Waals surface area contributed by atoms with Crippen molar-refractivity contribution >= 4 is 11.9 Å². The topological polar surface area (TPSA) is 60.2 Å². The van der Waals surface area contributed by atoms with Gasteiger partial charge in [0.2, 0.25) is 0 Å². The van der Waals surface area contributed by atoms with E-state index < -0.39 is 0 Å². The zero-order chi connectivity index (χ0) is 11.7. The molecule has 0 aliphatic rings. The van der Waals surface area contributed by atoms with Crippen molar-refractivity contribution in [3.8, 4) is 11.5 Å². The SMILES string of the molecule is O=Cc1cccc2nnc(-c3ccccn3)n12. The number of carbonyl (C=O) groups is 1. The molecule has 3 heterocycles. The van der Waals surface area contributed by atoms with E-state index in [1.807, 2.05) is 18.2 Å². The first kappa shape index (κ1) is 9.65. The Kier molecular flexibility index (Phi) is 2.15. The van der Waals surface area contributed by atoms with Gasteiger partial charge in [0.15, 0.2) is 17.8 Å². The molecule has 0 bridgehead atoms. The predicted octanol–water partition coefficient (Wildman–Crippen LogP) is 1.60. The van der Waals surface area contributed by atoms with Crippen LogP contribution in [-0.2, 0) is 0 Å². The summed E-state index contributed by atoms with van der Waals surface area (Å²) in [5.74, 6) is 0.573. The number of hydrogen-bond donors (Lipinski definition) is 0. The van der Waals surface area contributed by atoms with Gasteiger partial charge in [-0.05, 0) is 24.3 Å². The van der Waals surface area contributed by atoms with E-state index in [1.165, 1.54) is 0 Å². The molecule has 0 radical (unpaired) electrons. The largest absolute Gasteiger partial charge is 0.296 e. The average molecular weight is 224 g/mol. The number of nitrogens with zero attached hydrogens (tertiary/aromatic N) is 4. The lowest BCUT2D eigenvalue weighted by Gasteiger charge is -2.01. The number of aldehydes is 1. The van der Waals surface area contributed by atoms with Crippen molar-refractivity contribution in [2.45, 2.75) is 0 Å². The Bertz CT molecular complexity index is 675. The van der Waals surface area contributed by atoms with Crippen molar-refractivity contribution in [2.75, 3.05) is 0 Å². The van der Waals surface area contributed by atoms with Crippen LogP contribution in [0.3, 0.4) is 0 Å². The van der Waals surface area contributed by atoms with Crippen LogP contribution in [0, 0.1) is 0 Å². The first-order valence-corrected chi connectivity index (χ1v) is 5.11. The molecule has 5 heteroatoms. The van der Waals surface area contributed by atoms with Crippen molar-refractivity contribution in [1.29, 1.82) is 0 Å². The lowest BCUT2D eigenvalue weighted by atomic mass is 10.3. The van der Waals surface area contributed by atoms with E-state index in [2.05, 4.69) is 15.2 Å². The first-order chi connectivity index (χ1) is 8.40. The Morgan fingerprint density at radius 2 is 2.00 bits per heavy atom. The predicted molar refractivity (Wildman–Crippen MR) is 61.6 cm³/mol. The summed E-state index contributed by atoms with van der Waals surface area (Å²) in [7, 11) is 0. The highest BCUT2D eigenvalue weighted by molar-refractivity contribution is 5.75. The van der Waals surface area contributed by atoms with Crippen LogP contribution in [0.4, 0.5) is 0 Å². The minimum absolute atomic E-state index is 0.508. The summed E-state index contributed by atoms with van der Waals surface area (Å²) in [6, 6.07) is 10.8. The van der Waals surface area contributed by atoms with E-state index in [1.54, 1.807) is 28.8 Å². The number of carbonyl (C=O) groups excluding carboxylic acids is 1. The van der Waals surface area contributed by atoms with Crippen LogP contribution >= 0.6 is 0 Å². The number of hydrogen-bond acceptors (Lipinski definition) is 4. The lowest BCUT2D eigenvalue weighted by molar-refractivity contribution is 0.111. The molecule has 5 nitrogen and oxygen atoms in total. The Morgan fingerprint density at radius 3 is 2.76 bits per heavy atom. The van der Waals surface area contributed by atoms with Crippen LogP contribution in [0.25, 0.3) is 17.2 Å². The number of pyridine rings is 2. The second-order valence-corrected chi connectivity index (χ2v) is 3.50. The maximum Gasteiger partial charge on any atom is 0.187 e. The molecule has 0 spiro atoms. The third kappa shape index (κ3) is 1.48. The van der Waals surface area contributed by atoms with E-state index >= 15 is 0 Å². The van der Waals surface area contributed by atoms with Gasteiger partial charge in [-0.3, -0.25) is 14.2 Å². The van der Waals surface area contributed by atoms with E-state index in [9.17, 15) is 4.79 Å². The summed E-state index contributed by atoms with van der Waals surface area (Å²) in [4.78, 5) is 15.2. The highest BCUT2D eigenvalue weighted by Gasteiger charge is 2.11. The lowest BCUT2D eigenvalue weighted by Crippen LogP contribution is -1.98. The molecular formula is C12H8N4O. The van der Waals surface area contributed by atoms with Gasteiger partial charge >= 0.3 is 0 Å². The molecule has 0 aliphatic carbocycles. The molecule has 3 aromatic rings.